The number of benzene rings is 3. The Balaban J connectivity index is 0.000000253. The first-order valence-corrected chi connectivity index (χ1v) is 15.4. The minimum Gasteiger partial charge on any atom is -0.394 e. The molecule has 0 radical (unpaired) electrons. The number of nitro benzene ring substituents is 1. The summed E-state index contributed by atoms with van der Waals surface area (Å²) < 4.78 is 8.05. The lowest BCUT2D eigenvalue weighted by Gasteiger charge is -2.22. The van der Waals surface area contributed by atoms with Crippen LogP contribution in [0.25, 0.3) is 0 Å². The number of halogens is 6. The molecule has 0 spiro atoms. The number of amides is 1. The number of aliphatic hydroxyl groups is 2. The van der Waals surface area contributed by atoms with E-state index in [1.165, 1.54) is 24.3 Å². The maximum Gasteiger partial charge on any atom is 0.269 e. The van der Waals surface area contributed by atoms with Crippen LogP contribution in [-0.2, 0) is 22.7 Å². The zero-order valence-electron chi connectivity index (χ0n) is 23.1. The summed E-state index contributed by atoms with van der Waals surface area (Å²) in [7, 11) is 0. The standard InChI is InChI=1S/C18H14Cl4N2O.C11H12Cl2N2O5/c19-13-2-1-12(16(21)7-13)10-25-18(9-24-6-5-23-11-24)15-4-3-14(20)8-17(15)22;12-10(13)11(18)14-8(5-16)9(17)6-1-3-7(4-2-6)15(19)20/h1-8,11,18H,9-10H2;1-4,8-10,16-17H,5H2,(H,14,18)/t;8-,9-/m.1/s1. The smallest absolute Gasteiger partial charge is 0.269 e. The summed E-state index contributed by atoms with van der Waals surface area (Å²) in [5.74, 6) is -0.756. The quantitative estimate of drug-likeness (QED) is 0.0784. The van der Waals surface area contributed by atoms with Crippen molar-refractivity contribution >= 4 is 81.2 Å². The Morgan fingerprint density at radius 3 is 2.18 bits per heavy atom. The number of imidazole rings is 1. The Bertz CT molecular complexity index is 1560. The molecule has 4 aromatic rings. The second-order valence-electron chi connectivity index (χ2n) is 9.35. The van der Waals surface area contributed by atoms with Crippen LogP contribution in [0, 0.1) is 10.1 Å². The average Bonchev–Trinajstić information content (AvgIpc) is 3.52. The van der Waals surface area contributed by atoms with E-state index in [1.54, 1.807) is 36.8 Å². The summed E-state index contributed by atoms with van der Waals surface area (Å²) in [5, 5.41) is 34.2. The van der Waals surface area contributed by atoms with Gasteiger partial charge in [-0.1, -0.05) is 81.7 Å². The summed E-state index contributed by atoms with van der Waals surface area (Å²) in [6.07, 6.45) is 3.78. The molecule has 0 fully saturated rings. The zero-order valence-corrected chi connectivity index (χ0v) is 27.6. The minimum absolute atomic E-state index is 0.132. The molecule has 3 atom stereocenters. The van der Waals surface area contributed by atoms with Crippen molar-refractivity contribution in [2.45, 2.75) is 36.2 Å². The highest BCUT2D eigenvalue weighted by Gasteiger charge is 2.25. The zero-order chi connectivity index (χ0) is 33.1. The number of carbonyl (C=O) groups excluding carboxylic acids is 1. The van der Waals surface area contributed by atoms with E-state index in [1.807, 2.05) is 22.9 Å². The van der Waals surface area contributed by atoms with Gasteiger partial charge in [0.05, 0.1) is 37.1 Å². The predicted molar refractivity (Wildman–Crippen MR) is 175 cm³/mol. The molecule has 0 bridgehead atoms. The molecule has 1 heterocycles. The summed E-state index contributed by atoms with van der Waals surface area (Å²) >= 11 is 35.2. The fourth-order valence-corrected chi connectivity index (χ4v) is 5.03. The molecule has 1 amide bonds. The van der Waals surface area contributed by atoms with Crippen LogP contribution in [0.5, 0.6) is 0 Å². The third-order valence-corrected chi connectivity index (χ3v) is 7.80. The van der Waals surface area contributed by atoms with E-state index in [4.69, 9.17) is 79.4 Å². The first kappa shape index (κ1) is 36.8. The van der Waals surface area contributed by atoms with E-state index >= 15 is 0 Å². The molecule has 3 N–H and O–H groups in total. The highest BCUT2D eigenvalue weighted by Crippen LogP contribution is 2.31. The van der Waals surface area contributed by atoms with Crippen molar-refractivity contribution < 1.29 is 24.7 Å². The van der Waals surface area contributed by atoms with Crippen molar-refractivity contribution in [3.63, 3.8) is 0 Å². The van der Waals surface area contributed by atoms with Crippen LogP contribution in [0.15, 0.2) is 79.4 Å². The van der Waals surface area contributed by atoms with Gasteiger partial charge in [-0.3, -0.25) is 14.9 Å². The Hall–Kier alpha value is -2.64. The van der Waals surface area contributed by atoms with E-state index in [0.29, 0.717) is 38.8 Å². The Kier molecular flexibility index (Phi) is 14.6. The van der Waals surface area contributed by atoms with Gasteiger partial charge in [0.15, 0.2) is 4.84 Å². The van der Waals surface area contributed by atoms with E-state index in [2.05, 4.69) is 10.3 Å². The first-order valence-electron chi connectivity index (χ1n) is 13.0. The van der Waals surface area contributed by atoms with Gasteiger partial charge >= 0.3 is 0 Å². The third-order valence-electron chi connectivity index (χ3n) is 6.25. The van der Waals surface area contributed by atoms with Gasteiger partial charge in [0.2, 0.25) is 0 Å². The molecule has 4 rings (SSSR count). The average molecular weight is 739 g/mol. The number of ether oxygens (including phenoxy) is 1. The molecule has 10 nitrogen and oxygen atoms in total. The topological polar surface area (TPSA) is 140 Å². The van der Waals surface area contributed by atoms with E-state index in [9.17, 15) is 20.0 Å². The van der Waals surface area contributed by atoms with Gasteiger partial charge in [-0.2, -0.15) is 0 Å². The monoisotopic (exact) mass is 736 g/mol. The molecule has 0 saturated heterocycles. The van der Waals surface area contributed by atoms with Crippen LogP contribution in [0.2, 0.25) is 20.1 Å². The van der Waals surface area contributed by atoms with Crippen LogP contribution < -0.4 is 5.32 Å². The van der Waals surface area contributed by atoms with E-state index in [-0.39, 0.29) is 11.8 Å². The van der Waals surface area contributed by atoms with Crippen molar-refractivity contribution in [1.82, 2.24) is 14.9 Å². The number of carbonyl (C=O) groups is 1. The van der Waals surface area contributed by atoms with Gasteiger partial charge in [0.25, 0.3) is 11.6 Å². The molecular formula is C29H26Cl6N4O6. The molecular weight excluding hydrogens is 713 g/mol. The summed E-state index contributed by atoms with van der Waals surface area (Å²) in [5.41, 5.74) is 1.87. The second kappa shape index (κ2) is 17.9. The first-order chi connectivity index (χ1) is 21.4. The normalized spacial score (nSPS) is 13.0. The van der Waals surface area contributed by atoms with Gasteiger partial charge < -0.3 is 24.8 Å². The SMILES string of the molecule is Clc1ccc(COC(Cn2ccnc2)c2ccc(Cl)cc2Cl)c(Cl)c1.O=C(N[C@H](CO)[C@H](O)c1ccc([N+](=O)[O-])cc1)C(Cl)Cl. The van der Waals surface area contributed by atoms with Gasteiger partial charge in [-0.05, 0) is 47.5 Å². The Labute approximate surface area is 288 Å². The van der Waals surface area contributed by atoms with Crippen molar-refractivity contribution in [2.75, 3.05) is 6.61 Å². The number of aromatic nitrogens is 2. The Morgan fingerprint density at radius 1 is 1.00 bits per heavy atom. The highest BCUT2D eigenvalue weighted by molar-refractivity contribution is 6.53. The molecule has 0 aliphatic heterocycles. The third kappa shape index (κ3) is 11.3. The molecule has 240 valence electrons. The largest absolute Gasteiger partial charge is 0.394 e. The molecule has 0 aliphatic carbocycles. The maximum atomic E-state index is 11.3. The van der Waals surface area contributed by atoms with Crippen LogP contribution in [0.3, 0.4) is 0 Å². The number of nitro groups is 1. The Morgan fingerprint density at radius 2 is 1.64 bits per heavy atom. The van der Waals surface area contributed by atoms with Crippen LogP contribution in [0.4, 0.5) is 5.69 Å². The maximum absolute atomic E-state index is 11.3. The second-order valence-corrected chi connectivity index (χ2v) is 12.1. The minimum atomic E-state index is -1.33. The number of nitrogens with zero attached hydrogens (tertiary/aromatic N) is 3. The van der Waals surface area contributed by atoms with Gasteiger partial charge in [0.1, 0.15) is 12.2 Å². The van der Waals surface area contributed by atoms with Gasteiger partial charge in [0, 0.05) is 50.2 Å². The van der Waals surface area contributed by atoms with E-state index < -0.39 is 34.4 Å². The predicted octanol–water partition coefficient (Wildman–Crippen LogP) is 7.36. The molecule has 3 aromatic carbocycles. The van der Waals surface area contributed by atoms with Crippen LogP contribution >= 0.6 is 69.6 Å². The van der Waals surface area contributed by atoms with Gasteiger partial charge in [-0.25, -0.2) is 4.98 Å². The number of alkyl halides is 2. The summed E-state index contributed by atoms with van der Waals surface area (Å²) in [6, 6.07) is 14.8. The number of aliphatic hydroxyl groups excluding tert-OH is 2. The van der Waals surface area contributed by atoms with Crippen molar-refractivity contribution in [3.05, 3.63) is 126 Å². The molecule has 0 saturated carbocycles. The number of hydrogen-bond donors (Lipinski definition) is 3. The lowest BCUT2D eigenvalue weighted by molar-refractivity contribution is -0.384. The molecule has 1 aromatic heterocycles. The number of nitrogens with one attached hydrogen (secondary N) is 1. The lowest BCUT2D eigenvalue weighted by atomic mass is 10.0. The fourth-order valence-electron chi connectivity index (χ4n) is 3.91. The molecule has 0 aliphatic rings. The molecule has 16 heteroatoms. The van der Waals surface area contributed by atoms with Crippen molar-refractivity contribution in [2.24, 2.45) is 0 Å². The van der Waals surface area contributed by atoms with Crippen LogP contribution in [-0.4, -0.2) is 48.1 Å². The summed E-state index contributed by atoms with van der Waals surface area (Å²) in [4.78, 5) is 24.0. The number of non-ortho nitro benzene ring substituents is 1. The molecule has 45 heavy (non-hydrogen) atoms. The lowest BCUT2D eigenvalue weighted by Crippen LogP contribution is -2.44. The summed E-state index contributed by atoms with van der Waals surface area (Å²) in [6.45, 7) is 0.339. The van der Waals surface area contributed by atoms with E-state index in [0.717, 1.165) is 11.1 Å². The number of hydrogen-bond acceptors (Lipinski definition) is 7. The van der Waals surface area contributed by atoms with Crippen molar-refractivity contribution in [3.8, 4) is 0 Å². The van der Waals surface area contributed by atoms with Crippen molar-refractivity contribution in [1.29, 1.82) is 0 Å². The molecule has 1 unspecified atom stereocenters. The number of rotatable bonds is 12. The van der Waals surface area contributed by atoms with Gasteiger partial charge in [-0.15, -0.1) is 0 Å². The highest BCUT2D eigenvalue weighted by atomic mass is 35.5. The van der Waals surface area contributed by atoms with Crippen LogP contribution in [0.1, 0.15) is 28.9 Å². The fraction of sp³-hybridized carbons (Fsp3) is 0.241.